The highest BCUT2D eigenvalue weighted by Gasteiger charge is 2.25. The molecule has 1 unspecified atom stereocenters. The van der Waals surface area contributed by atoms with Crippen molar-refractivity contribution in [2.45, 2.75) is 32.4 Å². The Kier molecular flexibility index (Phi) is 5.95. The molecular weight excluding hydrogens is 272 g/mol. The molecule has 114 valence electrons. The molecule has 1 rings (SSSR count). The van der Waals surface area contributed by atoms with Crippen LogP contribution in [0.2, 0.25) is 0 Å². The van der Waals surface area contributed by atoms with E-state index in [-0.39, 0.29) is 13.1 Å². The van der Waals surface area contributed by atoms with Gasteiger partial charge in [-0.05, 0) is 20.8 Å². The molecule has 1 amide bonds. The number of nitrogens with zero attached hydrogens (tertiary/aromatic N) is 4. The van der Waals surface area contributed by atoms with Crippen LogP contribution >= 0.6 is 0 Å². The Balaban J connectivity index is 2.83. The molecule has 0 spiro atoms. The fourth-order valence-corrected chi connectivity index (χ4v) is 1.58. The predicted octanol–water partition coefficient (Wildman–Crippen LogP) is 2.71. The van der Waals surface area contributed by atoms with E-state index in [2.05, 4.69) is 21.7 Å². The Hall–Kier alpha value is -2.31. The summed E-state index contributed by atoms with van der Waals surface area (Å²) in [6, 6.07) is -0.800. The standard InChI is InChI=1S/C14H20N4O3/c1-5-8-18(13(19)21-14(2,3)4)10-12(17-20)11-9-15-6-7-16-11/h5-7,9,12H,1,8,10H2,2-4H3. The summed E-state index contributed by atoms with van der Waals surface area (Å²) < 4.78 is 5.29. The first-order valence-corrected chi connectivity index (χ1v) is 6.54. The monoisotopic (exact) mass is 292 g/mol. The van der Waals surface area contributed by atoms with Gasteiger partial charge in [-0.2, -0.15) is 4.91 Å². The lowest BCUT2D eigenvalue weighted by molar-refractivity contribution is 0.0261. The van der Waals surface area contributed by atoms with Crippen molar-refractivity contribution in [1.29, 1.82) is 0 Å². The molecule has 0 aliphatic heterocycles. The van der Waals surface area contributed by atoms with Crippen LogP contribution in [0.15, 0.2) is 36.4 Å². The average molecular weight is 292 g/mol. The number of carbonyl (C=O) groups excluding carboxylic acids is 1. The Labute approximate surface area is 124 Å². The van der Waals surface area contributed by atoms with E-state index < -0.39 is 17.7 Å². The average Bonchev–Trinajstić information content (AvgIpc) is 2.42. The maximum absolute atomic E-state index is 12.1. The molecule has 0 aliphatic carbocycles. The molecule has 7 nitrogen and oxygen atoms in total. The molecule has 0 aromatic carbocycles. The van der Waals surface area contributed by atoms with Crippen LogP contribution in [0.4, 0.5) is 4.79 Å². The second-order valence-electron chi connectivity index (χ2n) is 5.43. The van der Waals surface area contributed by atoms with E-state index in [0.717, 1.165) is 0 Å². The molecule has 21 heavy (non-hydrogen) atoms. The number of carbonyl (C=O) groups is 1. The molecule has 0 N–H and O–H groups in total. The molecule has 0 aliphatic rings. The van der Waals surface area contributed by atoms with Gasteiger partial charge in [-0.25, -0.2) is 4.79 Å². The summed E-state index contributed by atoms with van der Waals surface area (Å²) >= 11 is 0. The highest BCUT2D eigenvalue weighted by atomic mass is 16.6. The van der Waals surface area contributed by atoms with Gasteiger partial charge in [-0.3, -0.25) is 9.97 Å². The lowest BCUT2D eigenvalue weighted by Gasteiger charge is -2.27. The van der Waals surface area contributed by atoms with E-state index in [1.165, 1.54) is 23.5 Å². The Morgan fingerprint density at radius 3 is 2.71 bits per heavy atom. The molecular formula is C14H20N4O3. The van der Waals surface area contributed by atoms with Crippen LogP contribution in [0, 0.1) is 4.91 Å². The summed E-state index contributed by atoms with van der Waals surface area (Å²) in [4.78, 5) is 32.4. The third-order valence-electron chi connectivity index (χ3n) is 2.45. The summed E-state index contributed by atoms with van der Waals surface area (Å²) in [5.41, 5.74) is -0.210. The second-order valence-corrected chi connectivity index (χ2v) is 5.43. The number of hydrogen-bond donors (Lipinski definition) is 0. The zero-order valence-corrected chi connectivity index (χ0v) is 12.5. The van der Waals surface area contributed by atoms with Crippen LogP contribution in [0.1, 0.15) is 32.5 Å². The van der Waals surface area contributed by atoms with E-state index in [9.17, 15) is 9.70 Å². The predicted molar refractivity (Wildman–Crippen MR) is 78.6 cm³/mol. The van der Waals surface area contributed by atoms with Crippen molar-refractivity contribution in [3.63, 3.8) is 0 Å². The van der Waals surface area contributed by atoms with Crippen molar-refractivity contribution < 1.29 is 9.53 Å². The quantitative estimate of drug-likeness (QED) is 0.594. The highest BCUT2D eigenvalue weighted by Crippen LogP contribution is 2.17. The topological polar surface area (TPSA) is 84.8 Å². The molecule has 1 atom stereocenters. The van der Waals surface area contributed by atoms with Gasteiger partial charge in [-0.1, -0.05) is 11.3 Å². The molecule has 1 aromatic heterocycles. The molecule has 1 heterocycles. The van der Waals surface area contributed by atoms with E-state index in [1.54, 1.807) is 26.8 Å². The minimum atomic E-state index is -0.800. The van der Waals surface area contributed by atoms with Gasteiger partial charge >= 0.3 is 6.09 Å². The number of nitroso groups, excluding NO2 is 1. The SMILES string of the molecule is C=CCN(CC(N=O)c1cnccn1)C(=O)OC(C)(C)C. The van der Waals surface area contributed by atoms with Gasteiger partial charge in [0.1, 0.15) is 5.60 Å². The van der Waals surface area contributed by atoms with Gasteiger partial charge < -0.3 is 9.64 Å². The van der Waals surface area contributed by atoms with Crippen LogP contribution in [-0.2, 0) is 4.74 Å². The lowest BCUT2D eigenvalue weighted by Crippen LogP contribution is -2.39. The lowest BCUT2D eigenvalue weighted by atomic mass is 10.2. The largest absolute Gasteiger partial charge is 0.444 e. The van der Waals surface area contributed by atoms with Crippen molar-refractivity contribution in [2.75, 3.05) is 13.1 Å². The summed E-state index contributed by atoms with van der Waals surface area (Å²) in [5, 5.41) is 3.02. The van der Waals surface area contributed by atoms with Crippen molar-refractivity contribution in [3.8, 4) is 0 Å². The maximum Gasteiger partial charge on any atom is 0.410 e. The van der Waals surface area contributed by atoms with E-state index in [1.807, 2.05) is 0 Å². The Morgan fingerprint density at radius 1 is 1.52 bits per heavy atom. The highest BCUT2D eigenvalue weighted by molar-refractivity contribution is 5.68. The van der Waals surface area contributed by atoms with Crippen LogP contribution in [0.5, 0.6) is 0 Å². The van der Waals surface area contributed by atoms with Gasteiger partial charge in [-0.15, -0.1) is 6.58 Å². The summed E-state index contributed by atoms with van der Waals surface area (Å²) in [5.74, 6) is 0. The zero-order chi connectivity index (χ0) is 15.9. The third-order valence-corrected chi connectivity index (χ3v) is 2.45. The zero-order valence-electron chi connectivity index (χ0n) is 12.5. The molecule has 1 aromatic rings. The molecule has 7 heteroatoms. The van der Waals surface area contributed by atoms with Crippen molar-refractivity contribution in [2.24, 2.45) is 5.18 Å². The van der Waals surface area contributed by atoms with Gasteiger partial charge in [0.05, 0.1) is 18.4 Å². The number of rotatable bonds is 6. The van der Waals surface area contributed by atoms with Gasteiger partial charge in [0.15, 0.2) is 6.04 Å². The van der Waals surface area contributed by atoms with Crippen LogP contribution < -0.4 is 0 Å². The number of ether oxygens (including phenoxy) is 1. The first kappa shape index (κ1) is 16.7. The summed E-state index contributed by atoms with van der Waals surface area (Å²) in [6.07, 6.45) is 5.45. The number of aromatic nitrogens is 2. The summed E-state index contributed by atoms with van der Waals surface area (Å²) in [7, 11) is 0. The van der Waals surface area contributed by atoms with Crippen molar-refractivity contribution in [1.82, 2.24) is 14.9 Å². The van der Waals surface area contributed by atoms with Gasteiger partial charge in [0.2, 0.25) is 0 Å². The first-order chi connectivity index (χ1) is 9.87. The maximum atomic E-state index is 12.1. The molecule has 0 saturated heterocycles. The van der Waals surface area contributed by atoms with Crippen molar-refractivity contribution >= 4 is 6.09 Å². The van der Waals surface area contributed by atoms with Crippen molar-refractivity contribution in [3.05, 3.63) is 41.8 Å². The van der Waals surface area contributed by atoms with E-state index in [0.29, 0.717) is 5.69 Å². The molecule has 0 saturated carbocycles. The minimum absolute atomic E-state index is 0.0587. The minimum Gasteiger partial charge on any atom is -0.444 e. The first-order valence-electron chi connectivity index (χ1n) is 6.54. The summed E-state index contributed by atoms with van der Waals surface area (Å²) in [6.45, 7) is 9.23. The van der Waals surface area contributed by atoms with Crippen LogP contribution in [-0.4, -0.2) is 39.7 Å². The number of amides is 1. The van der Waals surface area contributed by atoms with E-state index in [4.69, 9.17) is 4.74 Å². The van der Waals surface area contributed by atoms with Gasteiger partial charge in [0.25, 0.3) is 0 Å². The van der Waals surface area contributed by atoms with Crippen LogP contribution in [0.25, 0.3) is 0 Å². The van der Waals surface area contributed by atoms with Gasteiger partial charge in [0, 0.05) is 18.9 Å². The second kappa shape index (κ2) is 7.47. The van der Waals surface area contributed by atoms with E-state index >= 15 is 0 Å². The number of hydrogen-bond acceptors (Lipinski definition) is 6. The smallest absolute Gasteiger partial charge is 0.410 e. The Bertz CT molecular complexity index is 485. The fourth-order valence-electron chi connectivity index (χ4n) is 1.58. The molecule has 0 radical (unpaired) electrons. The molecule has 0 bridgehead atoms. The fraction of sp³-hybridized carbons (Fsp3) is 0.500. The van der Waals surface area contributed by atoms with Crippen LogP contribution in [0.3, 0.4) is 0 Å². The Morgan fingerprint density at radius 2 is 2.24 bits per heavy atom. The normalized spacial score (nSPS) is 12.3. The molecule has 0 fully saturated rings. The third kappa shape index (κ3) is 5.68.